The van der Waals surface area contributed by atoms with E-state index in [1.807, 2.05) is 31.3 Å². The predicted molar refractivity (Wildman–Crippen MR) is 117 cm³/mol. The van der Waals surface area contributed by atoms with Crippen molar-refractivity contribution < 1.29 is 14.6 Å². The fraction of sp³-hybridized carbons (Fsp3) is 0.455. The molecule has 4 aromatic rings. The first-order valence-electron chi connectivity index (χ1n) is 11.0. The smallest absolute Gasteiger partial charge is 0.245 e. The Hall–Kier alpha value is -3.08. The highest BCUT2D eigenvalue weighted by Gasteiger charge is 2.50. The number of morpholine rings is 1. The maximum Gasteiger partial charge on any atom is 0.245 e. The molecule has 1 aliphatic carbocycles. The molecule has 32 heavy (non-hydrogen) atoms. The van der Waals surface area contributed by atoms with Crippen LogP contribution in [0.15, 0.2) is 36.8 Å². The number of ether oxygens (including phenoxy) is 2. The van der Waals surface area contributed by atoms with E-state index < -0.39 is 11.7 Å². The second-order valence-corrected chi connectivity index (χ2v) is 8.34. The second kappa shape index (κ2) is 7.51. The van der Waals surface area contributed by atoms with Gasteiger partial charge in [0.2, 0.25) is 5.95 Å². The lowest BCUT2D eigenvalue weighted by Gasteiger charge is -2.25. The van der Waals surface area contributed by atoms with Gasteiger partial charge in [0.15, 0.2) is 11.3 Å². The van der Waals surface area contributed by atoms with Gasteiger partial charge in [0, 0.05) is 36.8 Å². The van der Waals surface area contributed by atoms with Crippen LogP contribution < -0.4 is 4.90 Å². The summed E-state index contributed by atoms with van der Waals surface area (Å²) in [6.07, 6.45) is 6.43. The fourth-order valence-electron chi connectivity index (χ4n) is 4.37. The van der Waals surface area contributed by atoms with Crippen LogP contribution in [0.25, 0.3) is 22.4 Å². The maximum absolute atomic E-state index is 10.8. The highest BCUT2D eigenvalue weighted by molar-refractivity contribution is 5.77. The average molecular weight is 435 g/mol. The van der Waals surface area contributed by atoms with E-state index in [1.165, 1.54) is 0 Å². The molecule has 0 aromatic carbocycles. The van der Waals surface area contributed by atoms with E-state index in [4.69, 9.17) is 9.47 Å². The number of pyridine rings is 2. The molecule has 1 aliphatic heterocycles. The lowest BCUT2D eigenvalue weighted by atomic mass is 10.0. The molecule has 1 saturated carbocycles. The van der Waals surface area contributed by atoms with Crippen LogP contribution in [-0.2, 0) is 9.47 Å². The lowest BCUT2D eigenvalue weighted by Crippen LogP contribution is -2.36. The number of aromatic nitrogens is 6. The zero-order valence-corrected chi connectivity index (χ0v) is 17.9. The van der Waals surface area contributed by atoms with Gasteiger partial charge in [-0.15, -0.1) is 5.10 Å². The van der Waals surface area contributed by atoms with Crippen LogP contribution in [0.1, 0.15) is 31.4 Å². The largest absolute Gasteiger partial charge is 0.385 e. The van der Waals surface area contributed by atoms with Crippen molar-refractivity contribution in [2.45, 2.75) is 31.5 Å². The molecule has 0 bridgehead atoms. The van der Waals surface area contributed by atoms with Gasteiger partial charge in [0.1, 0.15) is 6.10 Å². The Kier molecular flexibility index (Phi) is 4.60. The molecular formula is C22H25N7O3. The van der Waals surface area contributed by atoms with Crippen molar-refractivity contribution in [3.05, 3.63) is 42.4 Å². The van der Waals surface area contributed by atoms with E-state index in [0.29, 0.717) is 25.8 Å². The number of hydrogen-bond donors (Lipinski definition) is 1. The summed E-state index contributed by atoms with van der Waals surface area (Å²) in [5.74, 6) is 0.704. The standard InChI is InChI=1S/C22H25N7O3/c1-2-32-22(5-6-22)19(30)15-11-16-13-24-29(20(16)23-12-15)17-3-4-18-25-21(26-28(18)14-17)27-7-9-31-10-8-27/h3-4,11-14,19,30H,2,5-10H2,1H3/t19-/m1/s1. The van der Waals surface area contributed by atoms with Crippen LogP contribution >= 0.6 is 0 Å². The summed E-state index contributed by atoms with van der Waals surface area (Å²) >= 11 is 0. The van der Waals surface area contributed by atoms with Gasteiger partial charge in [-0.2, -0.15) is 10.1 Å². The summed E-state index contributed by atoms with van der Waals surface area (Å²) in [6.45, 7) is 5.49. The Morgan fingerprint density at radius 1 is 1.22 bits per heavy atom. The molecule has 5 heterocycles. The topological polar surface area (TPSA) is 103 Å². The van der Waals surface area contributed by atoms with Gasteiger partial charge in [0.25, 0.3) is 0 Å². The summed E-state index contributed by atoms with van der Waals surface area (Å²) in [5.41, 5.74) is 2.62. The first kappa shape index (κ1) is 19.6. The number of anilines is 1. The van der Waals surface area contributed by atoms with E-state index in [-0.39, 0.29) is 0 Å². The van der Waals surface area contributed by atoms with Crippen LogP contribution in [0.5, 0.6) is 0 Å². The van der Waals surface area contributed by atoms with Gasteiger partial charge in [0.05, 0.1) is 36.9 Å². The Morgan fingerprint density at radius 2 is 2.06 bits per heavy atom. The Labute approximate surface area is 184 Å². The zero-order chi connectivity index (χ0) is 21.7. The molecule has 0 radical (unpaired) electrons. The number of aliphatic hydroxyl groups is 1. The summed E-state index contributed by atoms with van der Waals surface area (Å²) in [6, 6.07) is 5.83. The molecule has 0 spiro atoms. The monoisotopic (exact) mass is 435 g/mol. The highest BCUT2D eigenvalue weighted by Crippen LogP contribution is 2.49. The molecule has 1 N–H and O–H groups in total. The van der Waals surface area contributed by atoms with Crippen molar-refractivity contribution in [1.29, 1.82) is 0 Å². The lowest BCUT2D eigenvalue weighted by molar-refractivity contribution is -0.0542. The van der Waals surface area contributed by atoms with Crippen LogP contribution in [-0.4, -0.2) is 73.0 Å². The molecule has 4 aromatic heterocycles. The van der Waals surface area contributed by atoms with Gasteiger partial charge < -0.3 is 19.5 Å². The highest BCUT2D eigenvalue weighted by atomic mass is 16.5. The van der Waals surface area contributed by atoms with Crippen molar-refractivity contribution in [2.24, 2.45) is 0 Å². The minimum atomic E-state index is -0.687. The third-order valence-electron chi connectivity index (χ3n) is 6.26. The third kappa shape index (κ3) is 3.22. The molecule has 2 aliphatic rings. The number of hydrogen-bond acceptors (Lipinski definition) is 8. The number of aliphatic hydroxyl groups excluding tert-OH is 1. The minimum Gasteiger partial charge on any atom is -0.385 e. The molecule has 166 valence electrons. The molecule has 0 amide bonds. The predicted octanol–water partition coefficient (Wildman–Crippen LogP) is 1.90. The first-order chi connectivity index (χ1) is 15.7. The number of nitrogens with zero attached hydrogens (tertiary/aromatic N) is 7. The van der Waals surface area contributed by atoms with E-state index >= 15 is 0 Å². The van der Waals surface area contributed by atoms with Crippen molar-refractivity contribution in [1.82, 2.24) is 29.4 Å². The SMILES string of the molecule is CCOC1([C@H](O)c2cnc3c(cnn3-c3ccc4nc(N5CCOCC5)nn4c3)c2)CC1. The van der Waals surface area contributed by atoms with Crippen molar-refractivity contribution in [3.8, 4) is 5.69 Å². The zero-order valence-electron chi connectivity index (χ0n) is 17.9. The van der Waals surface area contributed by atoms with Crippen LogP contribution in [0, 0.1) is 0 Å². The van der Waals surface area contributed by atoms with Gasteiger partial charge in [-0.05, 0) is 38.0 Å². The van der Waals surface area contributed by atoms with Crippen LogP contribution in [0.3, 0.4) is 0 Å². The second-order valence-electron chi connectivity index (χ2n) is 8.34. The molecule has 1 saturated heterocycles. The average Bonchev–Trinajstić information content (AvgIpc) is 3.30. The molecule has 0 unspecified atom stereocenters. The fourth-order valence-corrected chi connectivity index (χ4v) is 4.37. The minimum absolute atomic E-state index is 0.462. The van der Waals surface area contributed by atoms with Gasteiger partial charge >= 0.3 is 0 Å². The van der Waals surface area contributed by atoms with Gasteiger partial charge in [-0.1, -0.05) is 0 Å². The van der Waals surface area contributed by atoms with E-state index in [1.54, 1.807) is 21.6 Å². The molecule has 2 fully saturated rings. The summed E-state index contributed by atoms with van der Waals surface area (Å²) in [4.78, 5) is 11.4. The quantitative estimate of drug-likeness (QED) is 0.490. The Bertz CT molecular complexity index is 1270. The summed E-state index contributed by atoms with van der Waals surface area (Å²) < 4.78 is 14.8. The maximum atomic E-state index is 10.8. The third-order valence-corrected chi connectivity index (χ3v) is 6.26. The summed E-state index contributed by atoms with van der Waals surface area (Å²) in [5, 5.41) is 20.9. The van der Waals surface area contributed by atoms with E-state index in [0.717, 1.165) is 53.9 Å². The van der Waals surface area contributed by atoms with Crippen molar-refractivity contribution >= 4 is 22.6 Å². The van der Waals surface area contributed by atoms with Crippen molar-refractivity contribution in [3.63, 3.8) is 0 Å². The normalized spacial score (nSPS) is 19.0. The number of fused-ring (bicyclic) bond motifs is 2. The molecular weight excluding hydrogens is 410 g/mol. The van der Waals surface area contributed by atoms with Gasteiger partial charge in [-0.3, -0.25) is 0 Å². The van der Waals surface area contributed by atoms with E-state index in [9.17, 15) is 5.11 Å². The Morgan fingerprint density at radius 3 is 2.84 bits per heavy atom. The summed E-state index contributed by atoms with van der Waals surface area (Å²) in [7, 11) is 0. The molecule has 10 nitrogen and oxygen atoms in total. The molecule has 6 rings (SSSR count). The first-order valence-corrected chi connectivity index (χ1v) is 11.0. The molecule has 10 heteroatoms. The van der Waals surface area contributed by atoms with Gasteiger partial charge in [-0.25, -0.2) is 14.2 Å². The van der Waals surface area contributed by atoms with Crippen LogP contribution in [0.4, 0.5) is 5.95 Å². The Balaban J connectivity index is 1.31. The van der Waals surface area contributed by atoms with Crippen molar-refractivity contribution in [2.75, 3.05) is 37.8 Å². The number of rotatable bonds is 6. The van der Waals surface area contributed by atoms with Crippen LogP contribution in [0.2, 0.25) is 0 Å². The van der Waals surface area contributed by atoms with E-state index in [2.05, 4.69) is 25.1 Å². The molecule has 1 atom stereocenters.